The molecule has 0 saturated heterocycles. The number of ketones is 1. The molecule has 78 valence electrons. The molecule has 0 amide bonds. The van der Waals surface area contributed by atoms with Gasteiger partial charge in [0, 0.05) is 4.88 Å². The molecule has 0 radical (unpaired) electrons. The van der Waals surface area contributed by atoms with Crippen LogP contribution in [0.5, 0.6) is 0 Å². The third-order valence-corrected chi connectivity index (χ3v) is 4.20. The van der Waals surface area contributed by atoms with Crippen molar-refractivity contribution in [1.82, 2.24) is 0 Å². The molecule has 4 heteroatoms. The second-order valence-corrected chi connectivity index (χ2v) is 5.19. The molecule has 0 spiro atoms. The van der Waals surface area contributed by atoms with Gasteiger partial charge >= 0.3 is 0 Å². The normalized spacial score (nSPS) is 12.7. The van der Waals surface area contributed by atoms with Gasteiger partial charge in [-0.1, -0.05) is 6.07 Å². The van der Waals surface area contributed by atoms with Crippen LogP contribution in [0.25, 0.3) is 0 Å². The van der Waals surface area contributed by atoms with Crippen LogP contribution in [-0.2, 0) is 0 Å². The van der Waals surface area contributed by atoms with E-state index in [2.05, 4.69) is 0 Å². The molecule has 0 bridgehead atoms. The molecule has 2 rings (SSSR count). The van der Waals surface area contributed by atoms with E-state index in [4.69, 9.17) is 5.73 Å². The van der Waals surface area contributed by atoms with Crippen LogP contribution in [0.2, 0.25) is 0 Å². The van der Waals surface area contributed by atoms with Crippen molar-refractivity contribution in [1.29, 1.82) is 0 Å². The van der Waals surface area contributed by atoms with Crippen LogP contribution in [0, 0.1) is 6.92 Å². The van der Waals surface area contributed by atoms with Crippen LogP contribution in [0.3, 0.4) is 0 Å². The van der Waals surface area contributed by atoms with E-state index in [0.717, 1.165) is 15.3 Å². The van der Waals surface area contributed by atoms with E-state index in [0.29, 0.717) is 0 Å². The van der Waals surface area contributed by atoms with Gasteiger partial charge in [0.25, 0.3) is 0 Å². The van der Waals surface area contributed by atoms with Gasteiger partial charge in [0.15, 0.2) is 5.78 Å². The third kappa shape index (κ3) is 2.02. The van der Waals surface area contributed by atoms with E-state index in [9.17, 15) is 4.79 Å². The zero-order valence-electron chi connectivity index (χ0n) is 8.27. The summed E-state index contributed by atoms with van der Waals surface area (Å²) >= 11 is 2.98. The highest BCUT2D eigenvalue weighted by Gasteiger charge is 2.20. The first-order valence-corrected chi connectivity index (χ1v) is 6.33. The van der Waals surface area contributed by atoms with E-state index in [1.54, 1.807) is 0 Å². The molecule has 0 aliphatic rings. The standard InChI is InChI=1S/C11H11NOS2/c1-7-4-6-15-11(7)10(13)9(12)8-3-2-5-14-8/h2-6,9H,12H2,1H3. The van der Waals surface area contributed by atoms with Gasteiger partial charge in [0.2, 0.25) is 0 Å². The van der Waals surface area contributed by atoms with Crippen LogP contribution in [-0.4, -0.2) is 5.78 Å². The summed E-state index contributed by atoms with van der Waals surface area (Å²) in [5, 5.41) is 3.85. The van der Waals surface area contributed by atoms with Crippen molar-refractivity contribution in [3.05, 3.63) is 44.3 Å². The van der Waals surface area contributed by atoms with Crippen molar-refractivity contribution in [3.63, 3.8) is 0 Å². The third-order valence-electron chi connectivity index (χ3n) is 2.22. The fourth-order valence-corrected chi connectivity index (χ4v) is 2.99. The smallest absolute Gasteiger partial charge is 0.195 e. The molecule has 0 fully saturated rings. The molecule has 2 aromatic heterocycles. The van der Waals surface area contributed by atoms with E-state index in [1.807, 2.05) is 35.9 Å². The first-order valence-electron chi connectivity index (χ1n) is 4.57. The van der Waals surface area contributed by atoms with Gasteiger partial charge in [0.1, 0.15) is 6.04 Å². The highest BCUT2D eigenvalue weighted by Crippen LogP contribution is 2.25. The van der Waals surface area contributed by atoms with Crippen molar-refractivity contribution < 1.29 is 4.79 Å². The maximum absolute atomic E-state index is 12.0. The number of carbonyl (C=O) groups is 1. The molecule has 0 aliphatic carbocycles. The van der Waals surface area contributed by atoms with Gasteiger partial charge in [-0.2, -0.15) is 0 Å². The Bertz CT molecular complexity index is 459. The van der Waals surface area contributed by atoms with Crippen LogP contribution < -0.4 is 5.73 Å². The maximum atomic E-state index is 12.0. The molecule has 15 heavy (non-hydrogen) atoms. The van der Waals surface area contributed by atoms with E-state index >= 15 is 0 Å². The van der Waals surface area contributed by atoms with Crippen molar-refractivity contribution in [2.24, 2.45) is 5.73 Å². The molecule has 1 unspecified atom stereocenters. The minimum absolute atomic E-state index is 0.0185. The average Bonchev–Trinajstić information content (AvgIpc) is 2.85. The summed E-state index contributed by atoms with van der Waals surface area (Å²) in [5.74, 6) is 0.0185. The topological polar surface area (TPSA) is 43.1 Å². The summed E-state index contributed by atoms with van der Waals surface area (Å²) in [5.41, 5.74) is 6.92. The Balaban J connectivity index is 2.26. The second kappa shape index (κ2) is 4.26. The predicted octanol–water partition coefficient (Wildman–Crippen LogP) is 3.00. The maximum Gasteiger partial charge on any atom is 0.195 e. The molecular weight excluding hydrogens is 226 g/mol. The Morgan fingerprint density at radius 1 is 1.33 bits per heavy atom. The highest BCUT2D eigenvalue weighted by atomic mass is 32.1. The Kier molecular flexibility index (Phi) is 3.00. The largest absolute Gasteiger partial charge is 0.317 e. The molecule has 0 aromatic carbocycles. The van der Waals surface area contributed by atoms with Gasteiger partial charge in [-0.15, -0.1) is 22.7 Å². The van der Waals surface area contributed by atoms with Crippen molar-refractivity contribution in [2.45, 2.75) is 13.0 Å². The lowest BCUT2D eigenvalue weighted by atomic mass is 10.1. The van der Waals surface area contributed by atoms with E-state index in [-0.39, 0.29) is 5.78 Å². The van der Waals surface area contributed by atoms with E-state index in [1.165, 1.54) is 22.7 Å². The molecule has 0 aliphatic heterocycles. The number of hydrogen-bond acceptors (Lipinski definition) is 4. The molecule has 0 saturated carbocycles. The molecule has 2 heterocycles. The first kappa shape index (κ1) is 10.5. The van der Waals surface area contributed by atoms with Crippen LogP contribution in [0.1, 0.15) is 26.2 Å². The Labute approximate surface area is 96.4 Å². The van der Waals surface area contributed by atoms with Gasteiger partial charge in [0.05, 0.1) is 4.88 Å². The lowest BCUT2D eigenvalue weighted by Crippen LogP contribution is -2.20. The summed E-state index contributed by atoms with van der Waals surface area (Å²) in [7, 11) is 0. The van der Waals surface area contributed by atoms with Gasteiger partial charge in [-0.25, -0.2) is 0 Å². The van der Waals surface area contributed by atoms with Gasteiger partial charge in [-0.3, -0.25) is 4.79 Å². The average molecular weight is 237 g/mol. The number of rotatable bonds is 3. The van der Waals surface area contributed by atoms with Crippen molar-refractivity contribution in [3.8, 4) is 0 Å². The summed E-state index contributed by atoms with van der Waals surface area (Å²) < 4.78 is 0. The van der Waals surface area contributed by atoms with Crippen molar-refractivity contribution in [2.75, 3.05) is 0 Å². The highest BCUT2D eigenvalue weighted by molar-refractivity contribution is 7.12. The quantitative estimate of drug-likeness (QED) is 0.834. The summed E-state index contributed by atoms with van der Waals surface area (Å²) in [4.78, 5) is 13.7. The number of thiophene rings is 2. The lowest BCUT2D eigenvalue weighted by Gasteiger charge is -2.07. The van der Waals surface area contributed by atoms with Crippen LogP contribution >= 0.6 is 22.7 Å². The van der Waals surface area contributed by atoms with Gasteiger partial charge < -0.3 is 5.73 Å². The zero-order valence-corrected chi connectivity index (χ0v) is 9.90. The minimum atomic E-state index is -0.512. The Hall–Kier alpha value is -0.970. The second-order valence-electron chi connectivity index (χ2n) is 3.29. The van der Waals surface area contributed by atoms with E-state index < -0.39 is 6.04 Å². The first-order chi connectivity index (χ1) is 7.20. The lowest BCUT2D eigenvalue weighted by molar-refractivity contribution is 0.0966. The number of carbonyl (C=O) groups excluding carboxylic acids is 1. The Morgan fingerprint density at radius 2 is 2.13 bits per heavy atom. The number of aryl methyl sites for hydroxylation is 1. The molecular formula is C11H11NOS2. The zero-order chi connectivity index (χ0) is 10.8. The summed E-state index contributed by atoms with van der Waals surface area (Å²) in [6.07, 6.45) is 0. The SMILES string of the molecule is Cc1ccsc1C(=O)C(N)c1cccs1. The number of Topliss-reactive ketones (excluding diaryl/α,β-unsaturated/α-hetero) is 1. The monoisotopic (exact) mass is 237 g/mol. The molecule has 2 aromatic rings. The summed E-state index contributed by atoms with van der Waals surface area (Å²) in [6, 6.07) is 5.24. The molecule has 2 N–H and O–H groups in total. The summed E-state index contributed by atoms with van der Waals surface area (Å²) in [6.45, 7) is 1.94. The van der Waals surface area contributed by atoms with Gasteiger partial charge in [-0.05, 0) is 35.4 Å². The predicted molar refractivity (Wildman–Crippen MR) is 64.6 cm³/mol. The fourth-order valence-electron chi connectivity index (χ4n) is 1.36. The molecule has 2 nitrogen and oxygen atoms in total. The number of hydrogen-bond donors (Lipinski definition) is 1. The van der Waals surface area contributed by atoms with Crippen LogP contribution in [0.15, 0.2) is 29.0 Å². The Morgan fingerprint density at radius 3 is 2.67 bits per heavy atom. The minimum Gasteiger partial charge on any atom is -0.317 e. The molecule has 1 atom stereocenters. The van der Waals surface area contributed by atoms with Crippen LogP contribution in [0.4, 0.5) is 0 Å². The fraction of sp³-hybridized carbons (Fsp3) is 0.182. The number of nitrogens with two attached hydrogens (primary N) is 1. The van der Waals surface area contributed by atoms with Crippen molar-refractivity contribution >= 4 is 28.5 Å².